The van der Waals surface area contributed by atoms with Gasteiger partial charge in [0, 0.05) is 12.6 Å². The van der Waals surface area contributed by atoms with Crippen LogP contribution in [-0.4, -0.2) is 33.2 Å². The quantitative estimate of drug-likeness (QED) is 0.631. The highest BCUT2D eigenvalue weighted by molar-refractivity contribution is 5.76. The molecule has 0 bridgehead atoms. The maximum absolute atomic E-state index is 11.7. The lowest BCUT2D eigenvalue weighted by molar-refractivity contribution is 0.137. The van der Waals surface area contributed by atoms with Gasteiger partial charge in [-0.05, 0) is 50.6 Å². The van der Waals surface area contributed by atoms with Gasteiger partial charge in [-0.1, -0.05) is 24.3 Å². The Bertz CT molecular complexity index is 978. The van der Waals surface area contributed by atoms with E-state index in [0.29, 0.717) is 25.7 Å². The lowest BCUT2D eigenvalue weighted by Gasteiger charge is -2.15. The third kappa shape index (κ3) is 3.67. The molecule has 1 amide bonds. The molecule has 1 aromatic heterocycles. The summed E-state index contributed by atoms with van der Waals surface area (Å²) in [6.45, 7) is 7.78. The molecule has 0 radical (unpaired) electrons. The van der Waals surface area contributed by atoms with Gasteiger partial charge in [0.25, 0.3) is 0 Å². The van der Waals surface area contributed by atoms with Crippen LogP contribution in [0.3, 0.4) is 0 Å². The predicted octanol–water partition coefficient (Wildman–Crippen LogP) is 4.54. The van der Waals surface area contributed by atoms with Gasteiger partial charge in [-0.2, -0.15) is 0 Å². The van der Waals surface area contributed by atoms with Crippen molar-refractivity contribution >= 4 is 17.1 Å². The molecule has 6 heteroatoms. The van der Waals surface area contributed by atoms with Gasteiger partial charge < -0.3 is 18.9 Å². The number of benzene rings is 2. The van der Waals surface area contributed by atoms with E-state index in [9.17, 15) is 4.79 Å². The lowest BCUT2D eigenvalue weighted by Crippen LogP contribution is -2.24. The predicted molar refractivity (Wildman–Crippen MR) is 107 cm³/mol. The zero-order chi connectivity index (χ0) is 19.7. The molecule has 1 aliphatic rings. The van der Waals surface area contributed by atoms with Gasteiger partial charge in [0.05, 0.1) is 17.6 Å². The molecular weight excluding hydrogens is 354 g/mol. The molecule has 2 heterocycles. The van der Waals surface area contributed by atoms with Crippen molar-refractivity contribution in [3.63, 3.8) is 0 Å². The fourth-order valence-corrected chi connectivity index (χ4v) is 3.63. The van der Waals surface area contributed by atoms with E-state index in [1.54, 1.807) is 4.90 Å². The highest BCUT2D eigenvalue weighted by atomic mass is 16.6. The van der Waals surface area contributed by atoms with Crippen LogP contribution in [0.4, 0.5) is 4.79 Å². The average Bonchev–Trinajstić information content (AvgIpc) is 3.20. The van der Waals surface area contributed by atoms with Gasteiger partial charge in [0.2, 0.25) is 0 Å². The van der Waals surface area contributed by atoms with Crippen LogP contribution < -0.4 is 4.74 Å². The first kappa shape index (κ1) is 18.3. The van der Waals surface area contributed by atoms with Crippen molar-refractivity contribution < 1.29 is 14.3 Å². The lowest BCUT2D eigenvalue weighted by atomic mass is 10.2. The molecule has 0 N–H and O–H groups in total. The minimum absolute atomic E-state index is 0.0460. The van der Waals surface area contributed by atoms with Crippen LogP contribution in [0.15, 0.2) is 48.5 Å². The van der Waals surface area contributed by atoms with Gasteiger partial charge in [0.1, 0.15) is 24.3 Å². The average molecular weight is 379 g/mol. The van der Waals surface area contributed by atoms with E-state index in [-0.39, 0.29) is 12.2 Å². The third-order valence-corrected chi connectivity index (χ3v) is 4.89. The molecule has 0 spiro atoms. The summed E-state index contributed by atoms with van der Waals surface area (Å²) in [5.41, 5.74) is 3.16. The molecule has 1 fully saturated rings. The number of fused-ring (bicyclic) bond motifs is 1. The van der Waals surface area contributed by atoms with Crippen molar-refractivity contribution in [3.8, 4) is 5.75 Å². The Kier molecular flexibility index (Phi) is 4.94. The standard InChI is InChI=1S/C22H25N3O3/c1-15(2)25-20-7-5-4-6-19(20)23-21(25)14-27-18-10-8-17(9-11-18)13-24-12-16(3)28-22(24)26/h4-11,15-16H,12-14H2,1-3H3. The van der Waals surface area contributed by atoms with Crippen molar-refractivity contribution in [1.29, 1.82) is 0 Å². The van der Waals surface area contributed by atoms with Crippen LogP contribution in [0.2, 0.25) is 0 Å². The summed E-state index contributed by atoms with van der Waals surface area (Å²) in [4.78, 5) is 18.2. The van der Waals surface area contributed by atoms with E-state index in [0.717, 1.165) is 28.2 Å². The Hall–Kier alpha value is -3.02. The van der Waals surface area contributed by atoms with E-state index in [2.05, 4.69) is 24.5 Å². The summed E-state index contributed by atoms with van der Waals surface area (Å²) >= 11 is 0. The Morgan fingerprint density at radius 1 is 1.18 bits per heavy atom. The number of carbonyl (C=O) groups excluding carboxylic acids is 1. The van der Waals surface area contributed by atoms with Gasteiger partial charge in [-0.3, -0.25) is 0 Å². The van der Waals surface area contributed by atoms with Crippen LogP contribution >= 0.6 is 0 Å². The number of para-hydroxylation sites is 2. The summed E-state index contributed by atoms with van der Waals surface area (Å²) in [6, 6.07) is 16.3. The first-order valence-electron chi connectivity index (χ1n) is 9.64. The van der Waals surface area contributed by atoms with Crippen LogP contribution in [0.1, 0.15) is 38.2 Å². The first-order chi connectivity index (χ1) is 13.5. The van der Waals surface area contributed by atoms with Crippen molar-refractivity contribution in [2.45, 2.75) is 46.1 Å². The normalized spacial score (nSPS) is 16.8. The summed E-state index contributed by atoms with van der Waals surface area (Å²) < 4.78 is 13.4. The topological polar surface area (TPSA) is 56.6 Å². The molecule has 0 saturated carbocycles. The smallest absolute Gasteiger partial charge is 0.410 e. The molecule has 1 saturated heterocycles. The van der Waals surface area contributed by atoms with Gasteiger partial charge in [-0.25, -0.2) is 9.78 Å². The number of aromatic nitrogens is 2. The summed E-state index contributed by atoms with van der Waals surface area (Å²) in [7, 11) is 0. The first-order valence-corrected chi connectivity index (χ1v) is 9.64. The number of hydrogen-bond acceptors (Lipinski definition) is 4. The van der Waals surface area contributed by atoms with Crippen molar-refractivity contribution in [2.24, 2.45) is 0 Å². The van der Waals surface area contributed by atoms with Crippen LogP contribution in [0, 0.1) is 0 Å². The number of ether oxygens (including phenoxy) is 2. The zero-order valence-corrected chi connectivity index (χ0v) is 16.5. The SMILES string of the molecule is CC1CN(Cc2ccc(OCc3nc4ccccc4n3C(C)C)cc2)C(=O)O1. The maximum atomic E-state index is 11.7. The minimum atomic E-state index is -0.250. The fourth-order valence-electron chi connectivity index (χ4n) is 3.63. The van der Waals surface area contributed by atoms with Crippen LogP contribution in [0.25, 0.3) is 11.0 Å². The monoisotopic (exact) mass is 379 g/mol. The number of hydrogen-bond donors (Lipinski definition) is 0. The number of rotatable bonds is 6. The fraction of sp³-hybridized carbons (Fsp3) is 0.364. The van der Waals surface area contributed by atoms with E-state index in [1.807, 2.05) is 49.4 Å². The molecule has 3 aromatic rings. The van der Waals surface area contributed by atoms with Crippen molar-refractivity contribution in [3.05, 3.63) is 59.9 Å². The number of nitrogens with zero attached hydrogens (tertiary/aromatic N) is 3. The summed E-state index contributed by atoms with van der Waals surface area (Å²) in [5, 5.41) is 0. The van der Waals surface area contributed by atoms with E-state index in [1.165, 1.54) is 0 Å². The van der Waals surface area contributed by atoms with E-state index in [4.69, 9.17) is 14.5 Å². The molecule has 1 unspecified atom stereocenters. The Labute approximate surface area is 164 Å². The number of cyclic esters (lactones) is 1. The second-order valence-electron chi connectivity index (χ2n) is 7.49. The molecule has 1 aliphatic heterocycles. The summed E-state index contributed by atoms with van der Waals surface area (Å²) in [6.07, 6.45) is -0.296. The number of carbonyl (C=O) groups is 1. The highest BCUT2D eigenvalue weighted by Crippen LogP contribution is 2.23. The molecule has 2 aromatic carbocycles. The van der Waals surface area contributed by atoms with E-state index < -0.39 is 0 Å². The van der Waals surface area contributed by atoms with Gasteiger partial charge >= 0.3 is 6.09 Å². The zero-order valence-electron chi connectivity index (χ0n) is 16.5. The van der Waals surface area contributed by atoms with Gasteiger partial charge in [0.15, 0.2) is 0 Å². The molecule has 6 nitrogen and oxygen atoms in total. The molecular formula is C22H25N3O3. The van der Waals surface area contributed by atoms with Crippen molar-refractivity contribution in [1.82, 2.24) is 14.5 Å². The Morgan fingerprint density at radius 3 is 2.61 bits per heavy atom. The summed E-state index contributed by atoms with van der Waals surface area (Å²) in [5.74, 6) is 1.69. The van der Waals surface area contributed by atoms with Crippen LogP contribution in [0.5, 0.6) is 5.75 Å². The molecule has 4 rings (SSSR count). The second-order valence-corrected chi connectivity index (χ2v) is 7.49. The minimum Gasteiger partial charge on any atom is -0.486 e. The largest absolute Gasteiger partial charge is 0.486 e. The molecule has 1 atom stereocenters. The Morgan fingerprint density at radius 2 is 1.93 bits per heavy atom. The highest BCUT2D eigenvalue weighted by Gasteiger charge is 2.27. The third-order valence-electron chi connectivity index (χ3n) is 4.89. The van der Waals surface area contributed by atoms with Gasteiger partial charge in [-0.15, -0.1) is 0 Å². The number of amides is 1. The Balaban J connectivity index is 1.44. The second kappa shape index (κ2) is 7.54. The molecule has 0 aliphatic carbocycles. The molecule has 146 valence electrons. The maximum Gasteiger partial charge on any atom is 0.410 e. The molecule has 28 heavy (non-hydrogen) atoms. The van der Waals surface area contributed by atoms with E-state index >= 15 is 0 Å². The number of imidazole rings is 1. The van der Waals surface area contributed by atoms with Crippen LogP contribution in [-0.2, 0) is 17.9 Å². The van der Waals surface area contributed by atoms with Crippen molar-refractivity contribution in [2.75, 3.05) is 6.54 Å².